The predicted octanol–water partition coefficient (Wildman–Crippen LogP) is 2.04. The molecule has 0 aromatic carbocycles. The Kier molecular flexibility index (Phi) is 2.07. The average molecular weight is 165 g/mol. The van der Waals surface area contributed by atoms with Crippen molar-refractivity contribution < 1.29 is 4.79 Å². The molecule has 0 bridgehead atoms. The second-order valence-electron chi connectivity index (χ2n) is 2.46. The van der Waals surface area contributed by atoms with E-state index in [1.54, 1.807) is 11.8 Å². The molecule has 3 heteroatoms. The van der Waals surface area contributed by atoms with Crippen molar-refractivity contribution in [2.45, 2.75) is 24.5 Å². The van der Waals surface area contributed by atoms with E-state index in [0.717, 1.165) is 18.6 Å². The lowest BCUT2D eigenvalue weighted by molar-refractivity contribution is -0.113. The molecule has 0 aromatic rings. The Morgan fingerprint density at radius 2 is 2.44 bits per heavy atom. The van der Waals surface area contributed by atoms with E-state index in [1.165, 1.54) is 0 Å². The van der Waals surface area contributed by atoms with Gasteiger partial charge < -0.3 is 0 Å². The molecule has 1 nitrogen and oxygen atoms in total. The molecule has 1 unspecified atom stereocenters. The van der Waals surface area contributed by atoms with Crippen molar-refractivity contribution in [1.29, 1.82) is 0 Å². The average Bonchev–Trinajstić information content (AvgIpc) is 2.16. The summed E-state index contributed by atoms with van der Waals surface area (Å²) < 4.78 is -0.262. The van der Waals surface area contributed by atoms with E-state index in [-0.39, 0.29) is 9.99 Å². The van der Waals surface area contributed by atoms with E-state index < -0.39 is 0 Å². The topological polar surface area (TPSA) is 17.1 Å². The monoisotopic (exact) mass is 164 g/mol. The molecular weight excluding hydrogens is 156 g/mol. The summed E-state index contributed by atoms with van der Waals surface area (Å²) in [5.74, 6) is 1.08. The Bertz CT molecular complexity index is 129. The Hall–Kier alpha value is 0.310. The molecule has 0 aliphatic carbocycles. The van der Waals surface area contributed by atoms with Crippen LogP contribution in [-0.2, 0) is 4.79 Å². The molecule has 0 N–H and O–H groups in total. The van der Waals surface area contributed by atoms with Crippen LogP contribution >= 0.6 is 23.4 Å². The molecule has 0 aromatic heterocycles. The highest BCUT2D eigenvalue weighted by Crippen LogP contribution is 2.39. The van der Waals surface area contributed by atoms with Gasteiger partial charge in [0.15, 0.2) is 0 Å². The van der Waals surface area contributed by atoms with E-state index in [4.69, 9.17) is 11.6 Å². The number of carbonyl (C=O) groups is 1. The van der Waals surface area contributed by atoms with Gasteiger partial charge in [-0.15, -0.1) is 11.8 Å². The highest BCUT2D eigenvalue weighted by Gasteiger charge is 2.35. The summed E-state index contributed by atoms with van der Waals surface area (Å²) in [5, 5.41) is -0.190. The number of hydrogen-bond acceptors (Lipinski definition) is 2. The standard InChI is InChI=1S/C6H9ClOS/c1-6(5(7)8)3-2-4-9-6/h2-4H2,1H3. The molecule has 1 rings (SSSR count). The molecule has 0 radical (unpaired) electrons. The number of rotatable bonds is 1. The van der Waals surface area contributed by atoms with E-state index in [0.29, 0.717) is 0 Å². The molecule has 52 valence electrons. The van der Waals surface area contributed by atoms with E-state index in [9.17, 15) is 4.79 Å². The SMILES string of the molecule is CC1(C(=O)Cl)CCCS1. The van der Waals surface area contributed by atoms with Gasteiger partial charge in [0.2, 0.25) is 5.24 Å². The highest BCUT2D eigenvalue weighted by molar-refractivity contribution is 8.01. The molecule has 0 spiro atoms. The maximum atomic E-state index is 10.7. The summed E-state index contributed by atoms with van der Waals surface area (Å²) in [4.78, 5) is 10.7. The lowest BCUT2D eigenvalue weighted by Gasteiger charge is -2.15. The van der Waals surface area contributed by atoms with Gasteiger partial charge in [-0.3, -0.25) is 4.79 Å². The number of thioether (sulfide) groups is 1. The minimum Gasteiger partial charge on any atom is -0.280 e. The third kappa shape index (κ3) is 1.41. The minimum atomic E-state index is -0.262. The van der Waals surface area contributed by atoms with E-state index in [2.05, 4.69) is 0 Å². The second-order valence-corrected chi connectivity index (χ2v) is 4.40. The van der Waals surface area contributed by atoms with Crippen LogP contribution in [0.25, 0.3) is 0 Å². The summed E-state index contributed by atoms with van der Waals surface area (Å²) in [7, 11) is 0. The first-order valence-corrected chi connectivity index (χ1v) is 4.35. The van der Waals surface area contributed by atoms with Crippen molar-refractivity contribution in [2.75, 3.05) is 5.75 Å². The summed E-state index contributed by atoms with van der Waals surface area (Å²) in [6, 6.07) is 0. The zero-order valence-corrected chi connectivity index (χ0v) is 6.89. The van der Waals surface area contributed by atoms with Crippen LogP contribution in [0.1, 0.15) is 19.8 Å². The quantitative estimate of drug-likeness (QED) is 0.552. The zero-order valence-electron chi connectivity index (χ0n) is 5.32. The van der Waals surface area contributed by atoms with Gasteiger partial charge in [-0.1, -0.05) is 0 Å². The first kappa shape index (κ1) is 7.42. The van der Waals surface area contributed by atoms with Gasteiger partial charge >= 0.3 is 0 Å². The highest BCUT2D eigenvalue weighted by atomic mass is 35.5. The van der Waals surface area contributed by atoms with Gasteiger partial charge in [-0.05, 0) is 37.1 Å². The fourth-order valence-electron chi connectivity index (χ4n) is 0.934. The molecule has 1 saturated heterocycles. The van der Waals surface area contributed by atoms with Gasteiger partial charge in [0.05, 0.1) is 4.75 Å². The lowest BCUT2D eigenvalue weighted by Crippen LogP contribution is -2.23. The summed E-state index contributed by atoms with van der Waals surface area (Å²) in [5.41, 5.74) is 0. The van der Waals surface area contributed by atoms with Crippen LogP contribution in [0.5, 0.6) is 0 Å². The number of hydrogen-bond donors (Lipinski definition) is 0. The minimum absolute atomic E-state index is 0.190. The normalized spacial score (nSPS) is 34.9. The third-order valence-electron chi connectivity index (χ3n) is 1.63. The van der Waals surface area contributed by atoms with Gasteiger partial charge in [0, 0.05) is 0 Å². The van der Waals surface area contributed by atoms with Crippen LogP contribution in [-0.4, -0.2) is 15.7 Å². The largest absolute Gasteiger partial charge is 0.280 e. The molecule has 1 aliphatic heterocycles. The van der Waals surface area contributed by atoms with Gasteiger partial charge in [-0.25, -0.2) is 0 Å². The van der Waals surface area contributed by atoms with E-state index in [1.807, 2.05) is 6.92 Å². The summed E-state index contributed by atoms with van der Waals surface area (Å²) in [6.45, 7) is 1.92. The van der Waals surface area contributed by atoms with Crippen LogP contribution in [0.15, 0.2) is 0 Å². The zero-order chi connectivity index (χ0) is 6.91. The Balaban J connectivity index is 2.61. The Morgan fingerprint density at radius 1 is 1.78 bits per heavy atom. The van der Waals surface area contributed by atoms with Gasteiger partial charge in [0.1, 0.15) is 0 Å². The number of halogens is 1. The first-order chi connectivity index (χ1) is 4.15. The molecule has 1 heterocycles. The smallest absolute Gasteiger partial charge is 0.237 e. The van der Waals surface area contributed by atoms with Crippen LogP contribution in [0.2, 0.25) is 0 Å². The van der Waals surface area contributed by atoms with Gasteiger partial charge in [-0.2, -0.15) is 0 Å². The molecule has 0 amide bonds. The molecule has 9 heavy (non-hydrogen) atoms. The molecule has 0 saturated carbocycles. The van der Waals surface area contributed by atoms with Crippen LogP contribution in [0.4, 0.5) is 0 Å². The lowest BCUT2D eigenvalue weighted by atomic mass is 10.1. The first-order valence-electron chi connectivity index (χ1n) is 2.99. The van der Waals surface area contributed by atoms with Crippen LogP contribution in [0.3, 0.4) is 0 Å². The molecular formula is C6H9ClOS. The van der Waals surface area contributed by atoms with Crippen molar-refractivity contribution in [3.8, 4) is 0 Å². The van der Waals surface area contributed by atoms with Crippen molar-refractivity contribution in [1.82, 2.24) is 0 Å². The maximum Gasteiger partial charge on any atom is 0.237 e. The second kappa shape index (κ2) is 2.51. The maximum absolute atomic E-state index is 10.7. The summed E-state index contributed by atoms with van der Waals surface area (Å²) >= 11 is 7.04. The van der Waals surface area contributed by atoms with Crippen molar-refractivity contribution in [2.24, 2.45) is 0 Å². The fraction of sp³-hybridized carbons (Fsp3) is 0.833. The van der Waals surface area contributed by atoms with E-state index >= 15 is 0 Å². The Morgan fingerprint density at radius 3 is 2.67 bits per heavy atom. The van der Waals surface area contributed by atoms with Crippen molar-refractivity contribution in [3.05, 3.63) is 0 Å². The van der Waals surface area contributed by atoms with Crippen LogP contribution < -0.4 is 0 Å². The molecule has 1 atom stereocenters. The molecule has 1 fully saturated rings. The number of carbonyl (C=O) groups excluding carboxylic acids is 1. The third-order valence-corrected chi connectivity index (χ3v) is 3.68. The Labute approximate surface area is 64.1 Å². The van der Waals surface area contributed by atoms with Crippen molar-refractivity contribution >= 4 is 28.6 Å². The molecule has 1 aliphatic rings. The van der Waals surface area contributed by atoms with Crippen LogP contribution in [0, 0.1) is 0 Å². The van der Waals surface area contributed by atoms with Crippen molar-refractivity contribution in [3.63, 3.8) is 0 Å². The fourth-order valence-corrected chi connectivity index (χ4v) is 2.33. The summed E-state index contributed by atoms with van der Waals surface area (Å²) in [6.07, 6.45) is 2.07. The van der Waals surface area contributed by atoms with Gasteiger partial charge in [0.25, 0.3) is 0 Å². The predicted molar refractivity (Wildman–Crippen MR) is 41.0 cm³/mol.